The Morgan fingerprint density at radius 1 is 1.00 bits per heavy atom. The van der Waals surface area contributed by atoms with Gasteiger partial charge >= 0.3 is 6.18 Å². The van der Waals surface area contributed by atoms with Gasteiger partial charge in [0.2, 0.25) is 0 Å². The van der Waals surface area contributed by atoms with Crippen LogP contribution in [-0.4, -0.2) is 47.0 Å². The van der Waals surface area contributed by atoms with Crippen molar-refractivity contribution in [2.24, 2.45) is 0 Å². The van der Waals surface area contributed by atoms with Crippen molar-refractivity contribution in [1.82, 2.24) is 9.88 Å². The van der Waals surface area contributed by atoms with E-state index in [-0.39, 0.29) is 34.2 Å². The first-order valence-corrected chi connectivity index (χ1v) is 14.9. The van der Waals surface area contributed by atoms with E-state index in [0.29, 0.717) is 27.7 Å². The number of halogens is 5. The minimum atomic E-state index is -4.61. The van der Waals surface area contributed by atoms with Crippen LogP contribution in [0.2, 0.25) is 5.02 Å². The molecule has 0 radical (unpaired) electrons. The monoisotopic (exact) mass is 604 g/mol. The van der Waals surface area contributed by atoms with E-state index in [0.717, 1.165) is 6.07 Å². The second kappa shape index (κ2) is 11.6. The first-order valence-electron chi connectivity index (χ1n) is 12.9. The Morgan fingerprint density at radius 3 is 2.29 bits per heavy atom. The topological polar surface area (TPSA) is 68.2 Å². The van der Waals surface area contributed by atoms with Crippen molar-refractivity contribution in [1.29, 1.82) is 0 Å². The Bertz CT molecular complexity index is 1710. The summed E-state index contributed by atoms with van der Waals surface area (Å²) in [5.41, 5.74) is 1.20. The smallest absolute Gasteiger partial charge is 0.358 e. The Kier molecular flexibility index (Phi) is 8.66. The van der Waals surface area contributed by atoms with E-state index in [2.05, 4.69) is 5.32 Å². The molecule has 214 valence electrons. The van der Waals surface area contributed by atoms with E-state index in [1.165, 1.54) is 24.3 Å². The van der Waals surface area contributed by atoms with Gasteiger partial charge in [-0.25, -0.2) is 12.8 Å². The van der Waals surface area contributed by atoms with Crippen LogP contribution >= 0.6 is 11.6 Å². The standard InChI is InChI=1S/C28H27B2ClF4N2O3S/c1-2-41(39,40)23-8-5-20(6-9-23)27(29,30)36-26(38)18-4-10-25-19(13-18)15-22(37(25)12-11-32)14-17-3-7-21(31)16-24(17)28(33,34)35/h3-10,13,15-16H,2,11-12,14,29-30H2,1H3,(H,36,38). The van der Waals surface area contributed by atoms with E-state index in [1.54, 1.807) is 63.6 Å². The molecule has 0 saturated carbocycles. The molecule has 4 aromatic rings. The zero-order valence-corrected chi connectivity index (χ0v) is 24.2. The minimum Gasteiger partial charge on any atom is -0.358 e. The second-order valence-electron chi connectivity index (χ2n) is 10.2. The highest BCUT2D eigenvalue weighted by atomic mass is 35.5. The number of rotatable bonds is 9. The van der Waals surface area contributed by atoms with Gasteiger partial charge in [0.1, 0.15) is 22.4 Å². The molecule has 1 heterocycles. The summed E-state index contributed by atoms with van der Waals surface area (Å²) in [7, 11) is 0.210. The molecular formula is C28H27B2ClF4N2O3S. The maximum absolute atomic E-state index is 13.7. The van der Waals surface area contributed by atoms with Gasteiger partial charge in [0.25, 0.3) is 5.91 Å². The number of aryl methyl sites for hydroxylation is 1. The summed E-state index contributed by atoms with van der Waals surface area (Å²) in [6.07, 6.45) is -4.72. The number of benzene rings is 3. The van der Waals surface area contributed by atoms with Gasteiger partial charge in [-0.1, -0.05) is 36.7 Å². The van der Waals surface area contributed by atoms with Crippen molar-refractivity contribution < 1.29 is 30.8 Å². The fourth-order valence-electron chi connectivity index (χ4n) is 4.80. The lowest BCUT2D eigenvalue weighted by molar-refractivity contribution is -0.138. The number of sulfone groups is 1. The zero-order valence-electron chi connectivity index (χ0n) is 22.6. The van der Waals surface area contributed by atoms with Crippen LogP contribution in [0.15, 0.2) is 71.6 Å². The van der Waals surface area contributed by atoms with Crippen LogP contribution in [0.3, 0.4) is 0 Å². The second-order valence-corrected chi connectivity index (χ2v) is 12.9. The average molecular weight is 605 g/mol. The number of amides is 1. The van der Waals surface area contributed by atoms with Crippen molar-refractivity contribution in [3.05, 3.63) is 99.7 Å². The number of carbonyl (C=O) groups excluding carboxylic acids is 1. The summed E-state index contributed by atoms with van der Waals surface area (Å²) in [4.78, 5) is 13.4. The average Bonchev–Trinajstić information content (AvgIpc) is 3.25. The maximum atomic E-state index is 13.7. The number of nitrogens with zero attached hydrogens (tertiary/aromatic N) is 1. The number of aromatic nitrogens is 1. The molecule has 1 amide bonds. The quantitative estimate of drug-likeness (QED) is 0.227. The van der Waals surface area contributed by atoms with E-state index in [4.69, 9.17) is 11.6 Å². The third-order valence-corrected chi connectivity index (χ3v) is 9.03. The number of alkyl halides is 4. The normalized spacial score (nSPS) is 12.5. The summed E-state index contributed by atoms with van der Waals surface area (Å²) in [6.45, 7) is 0.783. The van der Waals surface area contributed by atoms with Crippen molar-refractivity contribution in [3.8, 4) is 0 Å². The lowest BCUT2D eigenvalue weighted by Gasteiger charge is -2.27. The van der Waals surface area contributed by atoms with E-state index >= 15 is 0 Å². The van der Waals surface area contributed by atoms with Crippen LogP contribution in [0.4, 0.5) is 17.6 Å². The molecule has 0 spiro atoms. The molecule has 4 rings (SSSR count). The Morgan fingerprint density at radius 2 is 1.68 bits per heavy atom. The molecule has 0 aliphatic heterocycles. The van der Waals surface area contributed by atoms with Gasteiger partial charge in [-0.3, -0.25) is 4.79 Å². The summed E-state index contributed by atoms with van der Waals surface area (Å²) in [6, 6.07) is 16.4. The van der Waals surface area contributed by atoms with Crippen molar-refractivity contribution in [2.75, 3.05) is 12.4 Å². The maximum Gasteiger partial charge on any atom is 0.416 e. The predicted octanol–water partition coefficient (Wildman–Crippen LogP) is 4.47. The molecule has 1 aromatic heterocycles. The van der Waals surface area contributed by atoms with Gasteiger partial charge in [0, 0.05) is 38.9 Å². The van der Waals surface area contributed by atoms with Crippen LogP contribution in [-0.2, 0) is 34.3 Å². The van der Waals surface area contributed by atoms with Crippen LogP contribution in [0.1, 0.15) is 39.7 Å². The molecule has 0 bridgehead atoms. The van der Waals surface area contributed by atoms with Crippen LogP contribution in [0, 0.1) is 0 Å². The van der Waals surface area contributed by atoms with Gasteiger partial charge in [-0.05, 0) is 59.7 Å². The number of carbonyl (C=O) groups is 1. The van der Waals surface area contributed by atoms with Crippen molar-refractivity contribution in [3.63, 3.8) is 0 Å². The minimum absolute atomic E-state index is 0.00212. The molecular weight excluding hydrogens is 577 g/mol. The molecule has 0 saturated heterocycles. The van der Waals surface area contributed by atoms with Gasteiger partial charge in [0.15, 0.2) is 9.84 Å². The lowest BCUT2D eigenvalue weighted by atomic mass is 9.58. The van der Waals surface area contributed by atoms with Crippen LogP contribution in [0.25, 0.3) is 10.9 Å². The fourth-order valence-corrected chi connectivity index (χ4v) is 5.86. The molecule has 0 unspecified atom stereocenters. The number of nitrogens with one attached hydrogen (secondary N) is 1. The highest BCUT2D eigenvalue weighted by Gasteiger charge is 2.34. The highest BCUT2D eigenvalue weighted by Crippen LogP contribution is 2.35. The number of hydrogen-bond donors (Lipinski definition) is 1. The van der Waals surface area contributed by atoms with E-state index < -0.39 is 39.5 Å². The molecule has 0 atom stereocenters. The van der Waals surface area contributed by atoms with E-state index in [1.807, 2.05) is 0 Å². The molecule has 3 aromatic carbocycles. The fraction of sp³-hybridized carbons (Fsp3) is 0.250. The molecule has 0 fully saturated rings. The summed E-state index contributed by atoms with van der Waals surface area (Å²) < 4.78 is 80.4. The molecule has 5 nitrogen and oxygen atoms in total. The first kappa shape index (κ1) is 30.7. The first-order chi connectivity index (χ1) is 19.2. The Hall–Kier alpha value is -3.24. The summed E-state index contributed by atoms with van der Waals surface area (Å²) >= 11 is 5.82. The molecule has 41 heavy (non-hydrogen) atoms. The van der Waals surface area contributed by atoms with Crippen molar-refractivity contribution >= 4 is 53.9 Å². The number of fused-ring (bicyclic) bond motifs is 1. The van der Waals surface area contributed by atoms with Gasteiger partial charge in [-0.15, -0.1) is 0 Å². The van der Waals surface area contributed by atoms with Gasteiger partial charge < -0.3 is 9.88 Å². The zero-order chi connectivity index (χ0) is 30.2. The number of hydrogen-bond acceptors (Lipinski definition) is 3. The largest absolute Gasteiger partial charge is 0.416 e. The molecule has 0 aliphatic carbocycles. The lowest BCUT2D eigenvalue weighted by Crippen LogP contribution is -2.47. The highest BCUT2D eigenvalue weighted by molar-refractivity contribution is 7.91. The Labute approximate surface area is 242 Å². The summed E-state index contributed by atoms with van der Waals surface area (Å²) in [5, 5.41) is 2.64. The Balaban J connectivity index is 1.64. The third kappa shape index (κ3) is 6.64. The van der Waals surface area contributed by atoms with Crippen molar-refractivity contribution in [2.45, 2.75) is 36.3 Å². The molecule has 13 heteroatoms. The molecule has 0 aliphatic rings. The van der Waals surface area contributed by atoms with Gasteiger partial charge in [-0.2, -0.15) is 13.2 Å². The predicted molar refractivity (Wildman–Crippen MR) is 158 cm³/mol. The SMILES string of the molecule is BC(B)(NC(=O)c1ccc2c(c1)cc(Cc1ccc(Cl)cc1C(F)(F)F)n2CCF)c1ccc(S(=O)(=O)CC)cc1. The summed E-state index contributed by atoms with van der Waals surface area (Å²) in [5.74, 6) is -0.425. The van der Waals surface area contributed by atoms with Gasteiger partial charge in [0.05, 0.1) is 22.8 Å². The molecule has 1 N–H and O–H groups in total. The van der Waals surface area contributed by atoms with Crippen LogP contribution < -0.4 is 5.32 Å². The van der Waals surface area contributed by atoms with Crippen LogP contribution in [0.5, 0.6) is 0 Å². The van der Waals surface area contributed by atoms with E-state index in [9.17, 15) is 30.8 Å². The third-order valence-electron chi connectivity index (χ3n) is 7.05.